The molecule has 0 heterocycles. The summed E-state index contributed by atoms with van der Waals surface area (Å²) in [6.45, 7) is 5.14. The zero-order valence-electron chi connectivity index (χ0n) is 13.5. The highest BCUT2D eigenvalue weighted by atomic mass is 16.5. The fraction of sp³-hybridized carbons (Fsp3) is 0.438. The number of alkyl carbamates (subject to hydrolysis) is 1. The maximum Gasteiger partial charge on any atom is 0.408 e. The molecule has 0 radical (unpaired) electrons. The van der Waals surface area contributed by atoms with Gasteiger partial charge in [-0.25, -0.2) is 4.79 Å². The smallest absolute Gasteiger partial charge is 0.408 e. The van der Waals surface area contributed by atoms with Gasteiger partial charge in [-0.15, -0.1) is 0 Å². The molecule has 23 heavy (non-hydrogen) atoms. The van der Waals surface area contributed by atoms with Crippen molar-refractivity contribution in [2.24, 2.45) is 11.7 Å². The van der Waals surface area contributed by atoms with Crippen LogP contribution in [0, 0.1) is 5.92 Å². The number of amides is 3. The molecule has 126 valence electrons. The Hall–Kier alpha value is -2.57. The van der Waals surface area contributed by atoms with E-state index >= 15 is 0 Å². The number of primary amides is 1. The van der Waals surface area contributed by atoms with Gasteiger partial charge in [-0.3, -0.25) is 9.59 Å². The van der Waals surface area contributed by atoms with E-state index in [2.05, 4.69) is 10.6 Å². The molecule has 4 N–H and O–H groups in total. The molecule has 0 aliphatic carbocycles. The minimum Gasteiger partial charge on any atom is -0.445 e. The van der Waals surface area contributed by atoms with Crippen LogP contribution in [0.3, 0.4) is 0 Å². The first-order valence-corrected chi connectivity index (χ1v) is 7.38. The van der Waals surface area contributed by atoms with Crippen molar-refractivity contribution in [2.45, 2.75) is 39.5 Å². The van der Waals surface area contributed by atoms with Crippen molar-refractivity contribution in [3.05, 3.63) is 35.9 Å². The molecule has 0 bridgehead atoms. The molecule has 0 saturated carbocycles. The second kappa shape index (κ2) is 8.77. The lowest BCUT2D eigenvalue weighted by Crippen LogP contribution is -2.53. The average molecular weight is 321 g/mol. The number of rotatable bonds is 7. The summed E-state index contributed by atoms with van der Waals surface area (Å²) in [5, 5.41) is 4.92. The summed E-state index contributed by atoms with van der Waals surface area (Å²) in [4.78, 5) is 34.9. The van der Waals surface area contributed by atoms with Crippen molar-refractivity contribution in [3.63, 3.8) is 0 Å². The number of benzene rings is 1. The molecule has 0 aliphatic heterocycles. The molecule has 7 heteroatoms. The summed E-state index contributed by atoms with van der Waals surface area (Å²) < 4.78 is 5.03. The van der Waals surface area contributed by atoms with E-state index in [1.165, 1.54) is 6.92 Å². The normalized spacial score (nSPS) is 13.0. The first-order chi connectivity index (χ1) is 10.8. The summed E-state index contributed by atoms with van der Waals surface area (Å²) in [6.07, 6.45) is -0.711. The Labute approximate surface area is 135 Å². The van der Waals surface area contributed by atoms with E-state index in [0.29, 0.717) is 0 Å². The second-order valence-electron chi connectivity index (χ2n) is 5.56. The third-order valence-corrected chi connectivity index (χ3v) is 3.21. The van der Waals surface area contributed by atoms with Crippen molar-refractivity contribution in [1.29, 1.82) is 0 Å². The Bertz CT molecular complexity index is 546. The van der Waals surface area contributed by atoms with Crippen LogP contribution in [0.1, 0.15) is 26.3 Å². The van der Waals surface area contributed by atoms with E-state index in [1.54, 1.807) is 13.8 Å². The number of hydrogen-bond donors (Lipinski definition) is 3. The predicted octanol–water partition coefficient (Wildman–Crippen LogP) is 0.927. The summed E-state index contributed by atoms with van der Waals surface area (Å²) in [5.41, 5.74) is 6.07. The van der Waals surface area contributed by atoms with Crippen molar-refractivity contribution in [1.82, 2.24) is 10.6 Å². The standard InChI is InChI=1S/C16H23N3O4/c1-10(2)13(14(17)20)19-15(21)11(3)18-16(22)23-9-12-7-5-4-6-8-12/h4-8,10-11,13H,9H2,1-3H3,(H2,17,20)(H,18,22)(H,19,21)/t11-,13+/m1/s1. The number of carbonyl (C=O) groups excluding carboxylic acids is 3. The molecule has 0 fully saturated rings. The third kappa shape index (κ3) is 6.37. The summed E-state index contributed by atoms with van der Waals surface area (Å²) >= 11 is 0. The van der Waals surface area contributed by atoms with Crippen molar-refractivity contribution >= 4 is 17.9 Å². The van der Waals surface area contributed by atoms with E-state index in [0.717, 1.165) is 5.56 Å². The van der Waals surface area contributed by atoms with Crippen LogP contribution in [0.15, 0.2) is 30.3 Å². The van der Waals surface area contributed by atoms with Crippen molar-refractivity contribution in [3.8, 4) is 0 Å². The quantitative estimate of drug-likeness (QED) is 0.693. The van der Waals surface area contributed by atoms with E-state index in [4.69, 9.17) is 10.5 Å². The molecule has 1 rings (SSSR count). The Balaban J connectivity index is 2.44. The lowest BCUT2D eigenvalue weighted by Gasteiger charge is -2.21. The van der Waals surface area contributed by atoms with Gasteiger partial charge in [-0.05, 0) is 18.4 Å². The number of carbonyl (C=O) groups is 3. The van der Waals surface area contributed by atoms with Gasteiger partial charge >= 0.3 is 6.09 Å². The van der Waals surface area contributed by atoms with Crippen LogP contribution < -0.4 is 16.4 Å². The monoisotopic (exact) mass is 321 g/mol. The van der Waals surface area contributed by atoms with Crippen LogP contribution in [-0.2, 0) is 20.9 Å². The fourth-order valence-electron chi connectivity index (χ4n) is 1.85. The van der Waals surface area contributed by atoms with Crippen LogP contribution in [0.25, 0.3) is 0 Å². The van der Waals surface area contributed by atoms with E-state index < -0.39 is 30.0 Å². The Morgan fingerprint density at radius 1 is 1.09 bits per heavy atom. The molecule has 0 spiro atoms. The summed E-state index contributed by atoms with van der Waals surface area (Å²) in [6, 6.07) is 7.55. The van der Waals surface area contributed by atoms with Crippen LogP contribution in [-0.4, -0.2) is 30.0 Å². The zero-order valence-corrected chi connectivity index (χ0v) is 13.5. The van der Waals surface area contributed by atoms with Gasteiger partial charge in [-0.1, -0.05) is 44.2 Å². The highest BCUT2D eigenvalue weighted by molar-refractivity contribution is 5.90. The molecular weight excluding hydrogens is 298 g/mol. The minimum atomic E-state index is -0.848. The number of hydrogen-bond acceptors (Lipinski definition) is 4. The lowest BCUT2D eigenvalue weighted by molar-refractivity contribution is -0.129. The molecule has 0 aromatic heterocycles. The van der Waals surface area contributed by atoms with Gasteiger partial charge in [0, 0.05) is 0 Å². The first-order valence-electron chi connectivity index (χ1n) is 7.38. The lowest BCUT2D eigenvalue weighted by atomic mass is 10.0. The summed E-state index contributed by atoms with van der Waals surface area (Å²) in [5.74, 6) is -1.26. The number of ether oxygens (including phenoxy) is 1. The van der Waals surface area contributed by atoms with Crippen LogP contribution in [0.5, 0.6) is 0 Å². The van der Waals surface area contributed by atoms with Crippen molar-refractivity contribution in [2.75, 3.05) is 0 Å². The molecule has 1 aromatic carbocycles. The van der Waals surface area contributed by atoms with E-state index in [-0.39, 0.29) is 12.5 Å². The molecule has 3 amide bonds. The van der Waals surface area contributed by atoms with Crippen LogP contribution >= 0.6 is 0 Å². The van der Waals surface area contributed by atoms with Gasteiger partial charge in [0.15, 0.2) is 0 Å². The largest absolute Gasteiger partial charge is 0.445 e. The predicted molar refractivity (Wildman–Crippen MR) is 85.2 cm³/mol. The van der Waals surface area contributed by atoms with Gasteiger partial charge in [-0.2, -0.15) is 0 Å². The molecular formula is C16H23N3O4. The second-order valence-corrected chi connectivity index (χ2v) is 5.56. The Morgan fingerprint density at radius 3 is 2.22 bits per heavy atom. The highest BCUT2D eigenvalue weighted by Gasteiger charge is 2.25. The maximum atomic E-state index is 12.0. The maximum absolute atomic E-state index is 12.0. The van der Waals surface area contributed by atoms with Crippen molar-refractivity contribution < 1.29 is 19.1 Å². The van der Waals surface area contributed by atoms with Gasteiger partial charge in [0.1, 0.15) is 18.7 Å². The minimum absolute atomic E-state index is 0.108. The van der Waals surface area contributed by atoms with Crippen LogP contribution in [0.4, 0.5) is 4.79 Å². The van der Waals surface area contributed by atoms with E-state index in [1.807, 2.05) is 30.3 Å². The third-order valence-electron chi connectivity index (χ3n) is 3.21. The topological polar surface area (TPSA) is 111 Å². The molecule has 2 atom stereocenters. The number of nitrogens with one attached hydrogen (secondary N) is 2. The molecule has 0 saturated heterocycles. The van der Waals surface area contributed by atoms with Gasteiger partial charge in [0.25, 0.3) is 0 Å². The SMILES string of the molecule is CC(C)[C@H](NC(=O)[C@@H](C)NC(=O)OCc1ccccc1)C(N)=O. The Morgan fingerprint density at radius 2 is 1.70 bits per heavy atom. The van der Waals surface area contributed by atoms with Gasteiger partial charge in [0.05, 0.1) is 0 Å². The van der Waals surface area contributed by atoms with E-state index in [9.17, 15) is 14.4 Å². The molecule has 7 nitrogen and oxygen atoms in total. The fourth-order valence-corrected chi connectivity index (χ4v) is 1.85. The number of nitrogens with two attached hydrogens (primary N) is 1. The molecule has 0 aliphatic rings. The summed E-state index contributed by atoms with van der Waals surface area (Å²) in [7, 11) is 0. The van der Waals surface area contributed by atoms with Gasteiger partial charge < -0.3 is 21.1 Å². The zero-order chi connectivity index (χ0) is 17.4. The van der Waals surface area contributed by atoms with Crippen LogP contribution in [0.2, 0.25) is 0 Å². The molecule has 1 aromatic rings. The molecule has 0 unspecified atom stereocenters. The average Bonchev–Trinajstić information content (AvgIpc) is 2.50. The highest BCUT2D eigenvalue weighted by Crippen LogP contribution is 2.02. The Kier molecular flexibility index (Phi) is 7.05. The first kappa shape index (κ1) is 18.5. The van der Waals surface area contributed by atoms with Gasteiger partial charge in [0.2, 0.25) is 11.8 Å².